The number of aryl methyl sites for hydroxylation is 2. The van der Waals surface area contributed by atoms with Gasteiger partial charge in [0, 0.05) is 23.2 Å². The first-order chi connectivity index (χ1) is 9.47. The molecule has 5 heteroatoms. The lowest BCUT2D eigenvalue weighted by Gasteiger charge is -2.13. The first-order valence-electron chi connectivity index (χ1n) is 6.21. The fourth-order valence-corrected chi connectivity index (χ4v) is 2.92. The topological polar surface area (TPSA) is 55.2 Å². The Bertz CT molecular complexity index is 633. The maximum absolute atomic E-state index is 10.8. The lowest BCUT2D eigenvalue weighted by Crippen LogP contribution is -2.02. The molecule has 0 aliphatic rings. The van der Waals surface area contributed by atoms with Crippen molar-refractivity contribution in [2.24, 2.45) is 0 Å². The van der Waals surface area contributed by atoms with Gasteiger partial charge in [0.05, 0.1) is 10.6 Å². The van der Waals surface area contributed by atoms with Crippen molar-refractivity contribution in [3.63, 3.8) is 0 Å². The van der Waals surface area contributed by atoms with Crippen LogP contribution < -0.4 is 5.32 Å². The highest BCUT2D eigenvalue weighted by Gasteiger charge is 2.07. The van der Waals surface area contributed by atoms with Crippen LogP contribution in [-0.2, 0) is 6.54 Å². The van der Waals surface area contributed by atoms with Crippen LogP contribution in [0.1, 0.15) is 16.7 Å². The van der Waals surface area contributed by atoms with Gasteiger partial charge < -0.3 is 5.32 Å². The standard InChI is InChI=1S/C15H15BrN2O2/c1-10-6-11(2)15(14(16)7-10)17-9-12-4-3-5-13(8-12)18(19)20/h3-8,17H,9H2,1-2H3. The highest BCUT2D eigenvalue weighted by molar-refractivity contribution is 9.10. The molecule has 1 N–H and O–H groups in total. The number of anilines is 1. The van der Waals surface area contributed by atoms with Gasteiger partial charge in [0.15, 0.2) is 0 Å². The van der Waals surface area contributed by atoms with E-state index in [-0.39, 0.29) is 10.6 Å². The van der Waals surface area contributed by atoms with E-state index in [0.717, 1.165) is 21.3 Å². The van der Waals surface area contributed by atoms with Crippen molar-refractivity contribution in [2.45, 2.75) is 20.4 Å². The Morgan fingerprint density at radius 2 is 2.00 bits per heavy atom. The lowest BCUT2D eigenvalue weighted by atomic mass is 10.1. The van der Waals surface area contributed by atoms with Crippen molar-refractivity contribution in [3.8, 4) is 0 Å². The molecule has 2 rings (SSSR count). The Kier molecular flexibility index (Phi) is 4.39. The van der Waals surface area contributed by atoms with Gasteiger partial charge in [0.2, 0.25) is 0 Å². The monoisotopic (exact) mass is 334 g/mol. The fourth-order valence-electron chi connectivity index (χ4n) is 2.11. The number of hydrogen-bond donors (Lipinski definition) is 1. The summed E-state index contributed by atoms with van der Waals surface area (Å²) in [5.41, 5.74) is 4.34. The van der Waals surface area contributed by atoms with Crippen LogP contribution >= 0.6 is 15.9 Å². The van der Waals surface area contributed by atoms with Crippen LogP contribution in [-0.4, -0.2) is 4.92 Å². The smallest absolute Gasteiger partial charge is 0.269 e. The van der Waals surface area contributed by atoms with Crippen LogP contribution in [0.25, 0.3) is 0 Å². The second-order valence-electron chi connectivity index (χ2n) is 4.72. The maximum Gasteiger partial charge on any atom is 0.269 e. The molecular formula is C15H15BrN2O2. The molecule has 2 aromatic rings. The van der Waals surface area contributed by atoms with Gasteiger partial charge in [-0.1, -0.05) is 18.2 Å². The molecule has 0 aromatic heterocycles. The Morgan fingerprint density at radius 3 is 2.65 bits per heavy atom. The Hall–Kier alpha value is -1.88. The number of hydrogen-bond acceptors (Lipinski definition) is 3. The molecule has 0 fully saturated rings. The number of non-ortho nitro benzene ring substituents is 1. The summed E-state index contributed by atoms with van der Waals surface area (Å²) in [5.74, 6) is 0. The average Bonchev–Trinajstić information content (AvgIpc) is 2.37. The van der Waals surface area contributed by atoms with Crippen molar-refractivity contribution >= 4 is 27.3 Å². The molecule has 0 saturated carbocycles. The zero-order valence-corrected chi connectivity index (χ0v) is 12.9. The van der Waals surface area contributed by atoms with Gasteiger partial charge in [-0.2, -0.15) is 0 Å². The number of halogens is 1. The van der Waals surface area contributed by atoms with E-state index < -0.39 is 0 Å². The van der Waals surface area contributed by atoms with Crippen LogP contribution in [0.4, 0.5) is 11.4 Å². The maximum atomic E-state index is 10.8. The minimum atomic E-state index is -0.378. The number of nitrogens with one attached hydrogen (secondary N) is 1. The van der Waals surface area contributed by atoms with Gasteiger partial charge in [-0.15, -0.1) is 0 Å². The van der Waals surface area contributed by atoms with E-state index in [4.69, 9.17) is 0 Å². The minimum Gasteiger partial charge on any atom is -0.380 e. The third-order valence-electron chi connectivity index (χ3n) is 3.02. The van der Waals surface area contributed by atoms with Crippen LogP contribution in [0, 0.1) is 24.0 Å². The average molecular weight is 335 g/mol. The van der Waals surface area contributed by atoms with E-state index in [1.165, 1.54) is 11.6 Å². The van der Waals surface area contributed by atoms with Crippen molar-refractivity contribution in [3.05, 3.63) is 67.7 Å². The van der Waals surface area contributed by atoms with E-state index in [2.05, 4.69) is 27.3 Å². The molecule has 0 aliphatic carbocycles. The van der Waals surface area contributed by atoms with Gasteiger partial charge in [-0.25, -0.2) is 0 Å². The Morgan fingerprint density at radius 1 is 1.25 bits per heavy atom. The largest absolute Gasteiger partial charge is 0.380 e. The third kappa shape index (κ3) is 3.36. The first kappa shape index (κ1) is 14.5. The summed E-state index contributed by atoms with van der Waals surface area (Å²) < 4.78 is 1.00. The number of nitrogens with zero attached hydrogens (tertiary/aromatic N) is 1. The molecule has 4 nitrogen and oxygen atoms in total. The van der Waals surface area contributed by atoms with Gasteiger partial charge in [0.25, 0.3) is 5.69 Å². The van der Waals surface area contributed by atoms with Crippen molar-refractivity contribution in [2.75, 3.05) is 5.32 Å². The van der Waals surface area contributed by atoms with E-state index >= 15 is 0 Å². The molecule has 0 amide bonds. The number of nitro groups is 1. The van der Waals surface area contributed by atoms with E-state index in [1.54, 1.807) is 12.1 Å². The van der Waals surface area contributed by atoms with E-state index in [1.807, 2.05) is 26.0 Å². The molecule has 20 heavy (non-hydrogen) atoms. The molecule has 0 unspecified atom stereocenters. The summed E-state index contributed by atoms with van der Waals surface area (Å²) in [6, 6.07) is 10.8. The Balaban J connectivity index is 2.17. The molecule has 0 atom stereocenters. The molecule has 0 heterocycles. The van der Waals surface area contributed by atoms with Crippen LogP contribution in [0.2, 0.25) is 0 Å². The van der Waals surface area contributed by atoms with Gasteiger partial charge in [-0.05, 0) is 52.5 Å². The summed E-state index contributed by atoms with van der Waals surface area (Å²) in [4.78, 5) is 10.4. The summed E-state index contributed by atoms with van der Waals surface area (Å²) in [5, 5.41) is 14.1. The van der Waals surface area contributed by atoms with Gasteiger partial charge in [0.1, 0.15) is 0 Å². The van der Waals surface area contributed by atoms with Crippen molar-refractivity contribution in [1.29, 1.82) is 0 Å². The second kappa shape index (κ2) is 6.05. The first-order valence-corrected chi connectivity index (χ1v) is 7.00. The highest BCUT2D eigenvalue weighted by atomic mass is 79.9. The normalized spacial score (nSPS) is 10.3. The predicted octanol–water partition coefficient (Wildman–Crippen LogP) is 4.59. The quantitative estimate of drug-likeness (QED) is 0.657. The summed E-state index contributed by atoms with van der Waals surface area (Å²) in [6.07, 6.45) is 0. The third-order valence-corrected chi connectivity index (χ3v) is 3.65. The Labute approximate surface area is 126 Å². The number of benzene rings is 2. The van der Waals surface area contributed by atoms with E-state index in [0.29, 0.717) is 6.54 Å². The molecule has 0 spiro atoms. The molecular weight excluding hydrogens is 320 g/mol. The van der Waals surface area contributed by atoms with E-state index in [9.17, 15) is 10.1 Å². The molecule has 2 aromatic carbocycles. The molecule has 0 radical (unpaired) electrons. The summed E-state index contributed by atoms with van der Waals surface area (Å²) in [7, 11) is 0. The molecule has 0 aliphatic heterocycles. The molecule has 0 bridgehead atoms. The van der Waals surface area contributed by atoms with Crippen LogP contribution in [0.5, 0.6) is 0 Å². The predicted molar refractivity (Wildman–Crippen MR) is 84.0 cm³/mol. The minimum absolute atomic E-state index is 0.115. The van der Waals surface area contributed by atoms with Gasteiger partial charge in [-0.3, -0.25) is 10.1 Å². The molecule has 104 valence electrons. The van der Waals surface area contributed by atoms with Crippen LogP contribution in [0.15, 0.2) is 40.9 Å². The van der Waals surface area contributed by atoms with Gasteiger partial charge >= 0.3 is 0 Å². The zero-order chi connectivity index (χ0) is 14.7. The second-order valence-corrected chi connectivity index (χ2v) is 5.57. The summed E-state index contributed by atoms with van der Waals surface area (Å²) in [6.45, 7) is 4.62. The number of rotatable bonds is 4. The van der Waals surface area contributed by atoms with Crippen LogP contribution in [0.3, 0.4) is 0 Å². The van der Waals surface area contributed by atoms with Crippen molar-refractivity contribution < 1.29 is 4.92 Å². The fraction of sp³-hybridized carbons (Fsp3) is 0.200. The lowest BCUT2D eigenvalue weighted by molar-refractivity contribution is -0.384. The number of nitro benzene ring substituents is 1. The SMILES string of the molecule is Cc1cc(C)c(NCc2cccc([N+](=O)[O-])c2)c(Br)c1. The molecule has 0 saturated heterocycles. The zero-order valence-electron chi connectivity index (χ0n) is 11.3. The highest BCUT2D eigenvalue weighted by Crippen LogP contribution is 2.28. The van der Waals surface area contributed by atoms with Crippen molar-refractivity contribution in [1.82, 2.24) is 0 Å². The summed E-state index contributed by atoms with van der Waals surface area (Å²) >= 11 is 3.54.